The van der Waals surface area contributed by atoms with Crippen LogP contribution in [0.15, 0.2) is 18.2 Å². The van der Waals surface area contributed by atoms with Gasteiger partial charge in [-0.2, -0.15) is 0 Å². The first-order valence-corrected chi connectivity index (χ1v) is 13.1. The zero-order valence-electron chi connectivity index (χ0n) is 19.9. The van der Waals surface area contributed by atoms with Crippen LogP contribution in [0, 0.1) is 11.8 Å². The minimum absolute atomic E-state index is 0.120. The largest absolute Gasteiger partial charge is 0.396 e. The summed E-state index contributed by atoms with van der Waals surface area (Å²) in [6, 6.07) is 6.63. The molecule has 4 atom stereocenters. The number of aliphatic hydroxyl groups excluding tert-OH is 1. The van der Waals surface area contributed by atoms with Crippen LogP contribution in [-0.4, -0.2) is 52.5 Å². The lowest BCUT2D eigenvalue weighted by Gasteiger charge is -2.39. The van der Waals surface area contributed by atoms with E-state index in [2.05, 4.69) is 22.8 Å². The molecule has 2 aliphatic carbocycles. The number of nitrogens with zero attached hydrogens (tertiary/aromatic N) is 1. The monoisotopic (exact) mass is 467 g/mol. The Balaban J connectivity index is 1.28. The van der Waals surface area contributed by atoms with E-state index in [1.807, 2.05) is 6.07 Å². The van der Waals surface area contributed by atoms with Crippen molar-refractivity contribution < 1.29 is 19.5 Å². The van der Waals surface area contributed by atoms with E-state index in [1.54, 1.807) is 4.90 Å². The number of imide groups is 1. The molecule has 2 heterocycles. The molecule has 3 fully saturated rings. The Labute approximate surface area is 201 Å². The van der Waals surface area contributed by atoms with Crippen molar-refractivity contribution in [2.24, 2.45) is 11.8 Å². The zero-order chi connectivity index (χ0) is 23.7. The van der Waals surface area contributed by atoms with Crippen LogP contribution in [0.1, 0.15) is 85.7 Å². The normalized spacial score (nSPS) is 30.4. The Hall–Kier alpha value is -2.25. The second-order valence-electron chi connectivity index (χ2n) is 10.8. The fourth-order valence-corrected chi connectivity index (χ4v) is 6.60. The summed E-state index contributed by atoms with van der Waals surface area (Å²) in [6.45, 7) is 0.675. The topological polar surface area (TPSA) is 98.7 Å². The molecule has 0 aromatic heterocycles. The standard InChI is InChI=1S/C27H37N3O4/c31-16-18-7-9-23(28-21-4-2-1-3-5-21)19(14-18)12-17-6-8-22-20(13-17)15-30(27(22)34)24-10-11-25(32)29-26(24)33/h6,8,13,18-19,21,23-24,28,31H,1-5,7,9-12,14-16H2,(H,29,32,33)/t18-,19-,23-,24?/m0/s1. The maximum absolute atomic E-state index is 13.0. The van der Waals surface area contributed by atoms with Gasteiger partial charge in [0.25, 0.3) is 5.91 Å². The molecule has 1 aromatic carbocycles. The SMILES string of the molecule is O=C1CCC(N2Cc3cc(C[C@H]4C[C@@H](CO)CC[C@@H]4NC4CCCCC4)ccc3C2=O)C(=O)N1. The van der Waals surface area contributed by atoms with Crippen LogP contribution in [-0.2, 0) is 22.6 Å². The van der Waals surface area contributed by atoms with Gasteiger partial charge in [-0.15, -0.1) is 0 Å². The molecular formula is C27H37N3O4. The number of hydrogen-bond donors (Lipinski definition) is 3. The van der Waals surface area contributed by atoms with E-state index in [1.165, 1.54) is 37.7 Å². The molecule has 34 heavy (non-hydrogen) atoms. The van der Waals surface area contributed by atoms with Gasteiger partial charge >= 0.3 is 0 Å². The lowest BCUT2D eigenvalue weighted by atomic mass is 9.75. The minimum atomic E-state index is -0.575. The Kier molecular flexibility index (Phi) is 7.02. The van der Waals surface area contributed by atoms with Crippen LogP contribution < -0.4 is 10.6 Å². The maximum atomic E-state index is 13.0. The number of fused-ring (bicyclic) bond motifs is 1. The van der Waals surface area contributed by atoms with Crippen LogP contribution in [0.2, 0.25) is 0 Å². The van der Waals surface area contributed by atoms with Gasteiger partial charge in [0, 0.05) is 37.2 Å². The molecule has 2 saturated carbocycles. The number of piperidine rings is 1. The second kappa shape index (κ2) is 10.2. The number of amides is 3. The first-order valence-electron chi connectivity index (χ1n) is 13.1. The number of benzene rings is 1. The lowest BCUT2D eigenvalue weighted by molar-refractivity contribution is -0.136. The van der Waals surface area contributed by atoms with Crippen molar-refractivity contribution in [1.82, 2.24) is 15.5 Å². The van der Waals surface area contributed by atoms with Gasteiger partial charge in [-0.05, 0) is 74.0 Å². The van der Waals surface area contributed by atoms with Crippen molar-refractivity contribution in [3.05, 3.63) is 34.9 Å². The van der Waals surface area contributed by atoms with E-state index < -0.39 is 6.04 Å². The molecule has 4 aliphatic rings. The molecular weight excluding hydrogens is 430 g/mol. The summed E-state index contributed by atoms with van der Waals surface area (Å²) in [6.07, 6.45) is 11.3. The molecule has 2 aliphatic heterocycles. The van der Waals surface area contributed by atoms with E-state index in [4.69, 9.17) is 0 Å². The molecule has 0 bridgehead atoms. The maximum Gasteiger partial charge on any atom is 0.255 e. The molecule has 184 valence electrons. The Morgan fingerprint density at radius 3 is 2.62 bits per heavy atom. The van der Waals surface area contributed by atoms with Crippen molar-refractivity contribution >= 4 is 17.7 Å². The zero-order valence-corrected chi connectivity index (χ0v) is 19.9. The highest BCUT2D eigenvalue weighted by molar-refractivity contribution is 6.05. The van der Waals surface area contributed by atoms with Gasteiger partial charge < -0.3 is 15.3 Å². The average Bonchev–Trinajstić information content (AvgIpc) is 3.16. The van der Waals surface area contributed by atoms with Crippen molar-refractivity contribution in [3.8, 4) is 0 Å². The lowest BCUT2D eigenvalue weighted by Crippen LogP contribution is -2.52. The van der Waals surface area contributed by atoms with Crippen molar-refractivity contribution in [2.45, 2.75) is 95.3 Å². The highest BCUT2D eigenvalue weighted by Gasteiger charge is 2.39. The fraction of sp³-hybridized carbons (Fsp3) is 0.667. The number of carbonyl (C=O) groups excluding carboxylic acids is 3. The molecule has 7 heteroatoms. The van der Waals surface area contributed by atoms with Gasteiger partial charge in [0.05, 0.1) is 0 Å². The van der Waals surface area contributed by atoms with E-state index in [-0.39, 0.29) is 30.7 Å². The summed E-state index contributed by atoms with van der Waals surface area (Å²) >= 11 is 0. The van der Waals surface area contributed by atoms with Gasteiger partial charge in [0.15, 0.2) is 0 Å². The molecule has 1 aromatic rings. The summed E-state index contributed by atoms with van der Waals surface area (Å²) in [4.78, 5) is 38.5. The third-order valence-electron chi connectivity index (χ3n) is 8.49. The van der Waals surface area contributed by atoms with Crippen LogP contribution in [0.5, 0.6) is 0 Å². The first-order chi connectivity index (χ1) is 16.5. The highest BCUT2D eigenvalue weighted by Crippen LogP contribution is 2.34. The molecule has 0 spiro atoms. The van der Waals surface area contributed by atoms with Crippen LogP contribution in [0.4, 0.5) is 0 Å². The van der Waals surface area contributed by atoms with Gasteiger partial charge in [-0.25, -0.2) is 0 Å². The summed E-state index contributed by atoms with van der Waals surface area (Å²) in [5, 5.41) is 16.2. The molecule has 3 amide bonds. The molecule has 7 nitrogen and oxygen atoms in total. The number of rotatable bonds is 6. The Morgan fingerprint density at radius 2 is 1.85 bits per heavy atom. The first kappa shape index (κ1) is 23.5. The third-order valence-corrected chi connectivity index (χ3v) is 8.49. The van der Waals surface area contributed by atoms with E-state index in [9.17, 15) is 19.5 Å². The summed E-state index contributed by atoms with van der Waals surface area (Å²) in [5.74, 6) is 0.0813. The van der Waals surface area contributed by atoms with Gasteiger partial charge in [-0.3, -0.25) is 19.7 Å². The predicted molar refractivity (Wildman–Crippen MR) is 128 cm³/mol. The number of carbonyl (C=O) groups is 3. The van der Waals surface area contributed by atoms with E-state index in [0.717, 1.165) is 31.2 Å². The summed E-state index contributed by atoms with van der Waals surface area (Å²) in [7, 11) is 0. The fourth-order valence-electron chi connectivity index (χ4n) is 6.60. The second-order valence-corrected chi connectivity index (χ2v) is 10.8. The number of aliphatic hydroxyl groups is 1. The molecule has 1 saturated heterocycles. The molecule has 3 N–H and O–H groups in total. The molecule has 1 unspecified atom stereocenters. The van der Waals surface area contributed by atoms with Crippen LogP contribution in [0.3, 0.4) is 0 Å². The van der Waals surface area contributed by atoms with Crippen LogP contribution >= 0.6 is 0 Å². The predicted octanol–water partition coefficient (Wildman–Crippen LogP) is 2.69. The number of nitrogens with one attached hydrogen (secondary N) is 2. The van der Waals surface area contributed by atoms with Gasteiger partial charge in [0.2, 0.25) is 11.8 Å². The van der Waals surface area contributed by atoms with Gasteiger partial charge in [0.1, 0.15) is 6.04 Å². The summed E-state index contributed by atoms with van der Waals surface area (Å²) < 4.78 is 0. The summed E-state index contributed by atoms with van der Waals surface area (Å²) in [5.41, 5.74) is 2.86. The minimum Gasteiger partial charge on any atom is -0.396 e. The van der Waals surface area contributed by atoms with Gasteiger partial charge in [-0.1, -0.05) is 31.4 Å². The van der Waals surface area contributed by atoms with E-state index >= 15 is 0 Å². The van der Waals surface area contributed by atoms with Crippen LogP contribution in [0.25, 0.3) is 0 Å². The quantitative estimate of drug-likeness (QED) is 0.559. The van der Waals surface area contributed by atoms with E-state index in [0.29, 0.717) is 42.4 Å². The molecule has 0 radical (unpaired) electrons. The third kappa shape index (κ3) is 4.91. The van der Waals surface area contributed by atoms with Crippen molar-refractivity contribution in [3.63, 3.8) is 0 Å². The molecule has 5 rings (SSSR count). The Morgan fingerprint density at radius 1 is 1.03 bits per heavy atom. The highest BCUT2D eigenvalue weighted by atomic mass is 16.3. The Bertz CT molecular complexity index is 942. The van der Waals surface area contributed by atoms with Crippen molar-refractivity contribution in [1.29, 1.82) is 0 Å². The smallest absolute Gasteiger partial charge is 0.255 e. The average molecular weight is 468 g/mol. The number of hydrogen-bond acceptors (Lipinski definition) is 5. The van der Waals surface area contributed by atoms with Crippen molar-refractivity contribution in [2.75, 3.05) is 6.61 Å².